The van der Waals surface area contributed by atoms with Crippen molar-refractivity contribution in [3.63, 3.8) is 0 Å². The largest absolute Gasteiger partial charge is 0.447 e. The van der Waals surface area contributed by atoms with Crippen molar-refractivity contribution in [1.82, 2.24) is 26.8 Å². The summed E-state index contributed by atoms with van der Waals surface area (Å²) in [4.78, 5) is 49.0. The number of hydrogen-bond donors (Lipinski definition) is 5. The molecule has 1 aromatic rings. The number of ether oxygens (including phenoxy) is 5. The maximum Gasteiger partial charge on any atom is 0.407 e. The van der Waals surface area contributed by atoms with Crippen LogP contribution in [0.1, 0.15) is 85.1 Å². The van der Waals surface area contributed by atoms with E-state index in [1.165, 1.54) is 5.57 Å². The van der Waals surface area contributed by atoms with E-state index in [1.54, 1.807) is 7.11 Å². The van der Waals surface area contributed by atoms with Crippen molar-refractivity contribution in [3.05, 3.63) is 47.5 Å². The second-order valence-corrected chi connectivity index (χ2v) is 15.5. The van der Waals surface area contributed by atoms with E-state index in [4.69, 9.17) is 23.7 Å². The van der Waals surface area contributed by atoms with Crippen LogP contribution in [0, 0.1) is 11.8 Å². The van der Waals surface area contributed by atoms with Gasteiger partial charge in [-0.1, -0.05) is 68.7 Å². The van der Waals surface area contributed by atoms with E-state index >= 15 is 0 Å². The van der Waals surface area contributed by atoms with Crippen LogP contribution in [-0.4, -0.2) is 106 Å². The number of allylic oxidation sites excluding steroid dienone is 1. The fraction of sp³-hybridized carbons (Fsp3) is 0.700. The lowest BCUT2D eigenvalue weighted by Gasteiger charge is -2.42. The number of aldehydes is 1. The molecular formula is C40H63N5O9. The Morgan fingerprint density at radius 2 is 1.72 bits per heavy atom. The van der Waals surface area contributed by atoms with Gasteiger partial charge in [-0.15, -0.1) is 0 Å². The van der Waals surface area contributed by atoms with Crippen LogP contribution >= 0.6 is 0 Å². The number of hydrogen-bond acceptors (Lipinski definition) is 11. The zero-order valence-corrected chi connectivity index (χ0v) is 32.9. The Hall–Kier alpha value is -3.56. The Morgan fingerprint density at radius 3 is 2.35 bits per heavy atom. The Balaban J connectivity index is 1.06. The molecule has 1 aliphatic carbocycles. The highest BCUT2D eigenvalue weighted by Crippen LogP contribution is 2.59. The molecule has 1 saturated carbocycles. The molecule has 302 valence electrons. The quantitative estimate of drug-likeness (QED) is 0.0356. The first-order valence-electron chi connectivity index (χ1n) is 19.5. The standard InChI is InChI=1S/C40H63N5O9/c1-27(2)16-17-33-39(5,54-33)36-35(50-6)32(18-19-40(36)26-52-40)53-38(49)44-31(28(3)4)25-51-37(48)42-21-13-8-7-12-20-41-34(47)23-43-45-30(24-46)22-29-14-10-9-11-15-29/h9-11,14-16,24,28,30-33,35-36,43,45H,7-8,12-13,17-23,25-26H2,1-6H3,(H,41,47)(H,42,48)(H,44,49)/t30-,31-,32?,33+,35?,36?,39-,40-/m0/s1. The minimum absolute atomic E-state index is 0.00139. The number of unbranched alkanes of at least 4 members (excludes halogenated alkanes) is 3. The lowest BCUT2D eigenvalue weighted by molar-refractivity contribution is -0.120. The van der Waals surface area contributed by atoms with Gasteiger partial charge in [0.2, 0.25) is 5.91 Å². The molecule has 54 heavy (non-hydrogen) atoms. The third-order valence-corrected chi connectivity index (χ3v) is 10.7. The molecule has 2 aliphatic heterocycles. The maximum absolute atomic E-state index is 13.2. The molecule has 1 aromatic carbocycles. The molecule has 0 aromatic heterocycles. The van der Waals surface area contributed by atoms with Gasteiger partial charge in [-0.25, -0.2) is 20.4 Å². The van der Waals surface area contributed by atoms with Crippen molar-refractivity contribution in [1.29, 1.82) is 0 Å². The van der Waals surface area contributed by atoms with Gasteiger partial charge in [0.05, 0.1) is 37.3 Å². The Labute approximate surface area is 320 Å². The molecule has 8 atom stereocenters. The first-order valence-corrected chi connectivity index (χ1v) is 19.5. The summed E-state index contributed by atoms with van der Waals surface area (Å²) in [5, 5.41) is 8.53. The number of rotatable bonds is 23. The van der Waals surface area contributed by atoms with Gasteiger partial charge in [0.1, 0.15) is 36.3 Å². The number of alkyl carbamates (subject to hydrolysis) is 2. The van der Waals surface area contributed by atoms with Crippen LogP contribution in [0.15, 0.2) is 42.0 Å². The van der Waals surface area contributed by atoms with Gasteiger partial charge < -0.3 is 44.4 Å². The highest BCUT2D eigenvalue weighted by Gasteiger charge is 2.72. The third kappa shape index (κ3) is 13.0. The normalized spacial score (nSPS) is 26.6. The summed E-state index contributed by atoms with van der Waals surface area (Å²) in [5.41, 5.74) is 7.24. The second kappa shape index (κ2) is 20.9. The first kappa shape index (κ1) is 43.2. The van der Waals surface area contributed by atoms with Crippen LogP contribution in [0.25, 0.3) is 0 Å². The van der Waals surface area contributed by atoms with Crippen molar-refractivity contribution in [2.24, 2.45) is 11.8 Å². The molecule has 2 heterocycles. The van der Waals surface area contributed by atoms with Gasteiger partial charge in [0.25, 0.3) is 0 Å². The van der Waals surface area contributed by atoms with Gasteiger partial charge >= 0.3 is 12.2 Å². The molecule has 2 saturated heterocycles. The summed E-state index contributed by atoms with van der Waals surface area (Å²) in [6.07, 6.45) is 7.13. The van der Waals surface area contributed by atoms with Crippen LogP contribution in [-0.2, 0) is 39.7 Å². The summed E-state index contributed by atoms with van der Waals surface area (Å²) in [7, 11) is 1.65. The van der Waals surface area contributed by atoms with Crippen LogP contribution in [0.3, 0.4) is 0 Å². The number of carbonyl (C=O) groups is 4. The van der Waals surface area contributed by atoms with Crippen LogP contribution < -0.4 is 26.8 Å². The average Bonchev–Trinajstić information content (AvgIpc) is 4.06. The molecular weight excluding hydrogens is 694 g/mol. The molecule has 14 heteroatoms. The smallest absolute Gasteiger partial charge is 0.407 e. The zero-order valence-electron chi connectivity index (χ0n) is 32.9. The Bertz CT molecular complexity index is 1390. The highest BCUT2D eigenvalue weighted by molar-refractivity contribution is 5.77. The molecule has 5 N–H and O–H groups in total. The molecule has 3 unspecified atom stereocenters. The molecule has 1 spiro atoms. The molecule has 3 aliphatic rings. The average molecular weight is 758 g/mol. The van der Waals surface area contributed by atoms with Crippen LogP contribution in [0.5, 0.6) is 0 Å². The number of benzene rings is 1. The van der Waals surface area contributed by atoms with E-state index in [9.17, 15) is 19.2 Å². The summed E-state index contributed by atoms with van der Waals surface area (Å²) < 4.78 is 29.7. The molecule has 0 bridgehead atoms. The fourth-order valence-electron chi connectivity index (χ4n) is 7.36. The van der Waals surface area contributed by atoms with Crippen molar-refractivity contribution in [3.8, 4) is 0 Å². The van der Waals surface area contributed by atoms with Gasteiger partial charge in [0, 0.05) is 20.2 Å². The maximum atomic E-state index is 13.2. The summed E-state index contributed by atoms with van der Waals surface area (Å²) in [6, 6.07) is 8.78. The molecule has 3 amide bonds. The Morgan fingerprint density at radius 1 is 1.02 bits per heavy atom. The predicted octanol–water partition coefficient (Wildman–Crippen LogP) is 4.12. The number of carbonyl (C=O) groups excluding carboxylic acids is 4. The number of methoxy groups -OCH3 is 1. The van der Waals surface area contributed by atoms with E-state index in [2.05, 4.69) is 53.6 Å². The fourth-order valence-corrected chi connectivity index (χ4v) is 7.36. The minimum atomic E-state index is -0.575. The van der Waals surface area contributed by atoms with Gasteiger partial charge in [-0.2, -0.15) is 0 Å². The van der Waals surface area contributed by atoms with E-state index in [-0.39, 0.29) is 48.7 Å². The number of amides is 3. The molecule has 4 rings (SSSR count). The number of epoxide rings is 2. The molecule has 3 fully saturated rings. The number of hydrazine groups is 1. The third-order valence-electron chi connectivity index (χ3n) is 10.7. The van der Waals surface area contributed by atoms with Gasteiger partial charge in [0.15, 0.2) is 0 Å². The van der Waals surface area contributed by atoms with Crippen LogP contribution in [0.2, 0.25) is 0 Å². The Kier molecular flexibility index (Phi) is 16.7. The zero-order chi connectivity index (χ0) is 39.1. The SMILES string of the molecule is COC1C(OC(=O)N[C@@H](COC(=O)NCCCCCCNC(=O)CNN[C@H](C=O)Cc2ccccc2)C(C)C)CC[C@]2(CO2)C1[C@@]1(C)O[C@@H]1CC=C(C)C. The lowest BCUT2D eigenvalue weighted by atomic mass is 9.68. The van der Waals surface area contributed by atoms with Crippen molar-refractivity contribution < 1.29 is 42.9 Å². The van der Waals surface area contributed by atoms with Gasteiger partial charge in [-0.05, 0) is 70.8 Å². The second-order valence-electron chi connectivity index (χ2n) is 15.5. The van der Waals surface area contributed by atoms with E-state index in [0.29, 0.717) is 32.5 Å². The van der Waals surface area contributed by atoms with Crippen molar-refractivity contribution in [2.45, 2.75) is 128 Å². The van der Waals surface area contributed by atoms with Gasteiger partial charge in [-0.3, -0.25) is 4.79 Å². The predicted molar refractivity (Wildman–Crippen MR) is 204 cm³/mol. The number of nitrogens with one attached hydrogen (secondary N) is 5. The van der Waals surface area contributed by atoms with E-state index < -0.39 is 36.0 Å². The van der Waals surface area contributed by atoms with Crippen molar-refractivity contribution >= 4 is 24.4 Å². The highest BCUT2D eigenvalue weighted by atomic mass is 16.6. The monoisotopic (exact) mass is 757 g/mol. The lowest BCUT2D eigenvalue weighted by Crippen LogP contribution is -2.56. The topological polar surface area (TPSA) is 181 Å². The van der Waals surface area contributed by atoms with Crippen LogP contribution in [0.4, 0.5) is 9.59 Å². The molecule has 0 radical (unpaired) electrons. The summed E-state index contributed by atoms with van der Waals surface area (Å²) >= 11 is 0. The first-order chi connectivity index (χ1) is 25.9. The van der Waals surface area contributed by atoms with Crippen molar-refractivity contribution in [2.75, 3.05) is 40.0 Å². The summed E-state index contributed by atoms with van der Waals surface area (Å²) in [6.45, 7) is 11.8. The van der Waals surface area contributed by atoms with E-state index in [0.717, 1.165) is 50.4 Å². The minimum Gasteiger partial charge on any atom is -0.447 e. The van der Waals surface area contributed by atoms with E-state index in [1.807, 2.05) is 44.2 Å². The summed E-state index contributed by atoms with van der Waals surface area (Å²) in [5.74, 6) is -0.249. The molecule has 14 nitrogen and oxygen atoms in total.